The van der Waals surface area contributed by atoms with E-state index in [0.717, 1.165) is 11.1 Å². The average Bonchev–Trinajstić information content (AvgIpc) is 3.04. The summed E-state index contributed by atoms with van der Waals surface area (Å²) in [7, 11) is 0. The summed E-state index contributed by atoms with van der Waals surface area (Å²) in [6, 6.07) is 14.6. The molecule has 2 atom stereocenters. The molecule has 0 bridgehead atoms. The maximum atomic E-state index is 12.6. The monoisotopic (exact) mass is 360 g/mol. The van der Waals surface area contributed by atoms with Crippen LogP contribution in [0.15, 0.2) is 48.5 Å². The fourth-order valence-electron chi connectivity index (χ4n) is 4.49. The van der Waals surface area contributed by atoms with E-state index in [0.29, 0.717) is 10.0 Å². The van der Waals surface area contributed by atoms with E-state index in [1.165, 1.54) is 6.92 Å². The summed E-state index contributed by atoms with van der Waals surface area (Å²) in [6.07, 6.45) is 0. The van der Waals surface area contributed by atoms with Gasteiger partial charge in [-0.1, -0.05) is 47.5 Å². The lowest BCUT2D eigenvalue weighted by molar-refractivity contribution is -0.149. The van der Waals surface area contributed by atoms with Crippen molar-refractivity contribution < 1.29 is 14.3 Å². The summed E-state index contributed by atoms with van der Waals surface area (Å²) in [6.45, 7) is 1.71. The van der Waals surface area contributed by atoms with Gasteiger partial charge in [-0.3, -0.25) is 9.59 Å². The number of halogens is 2. The fraction of sp³-hybridized carbons (Fsp3) is 0.263. The average molecular weight is 361 g/mol. The molecule has 2 aromatic rings. The summed E-state index contributed by atoms with van der Waals surface area (Å²) in [5.74, 6) is -0.817. The predicted molar refractivity (Wildman–Crippen MR) is 91.2 cm³/mol. The number of hydrogen-bond acceptors (Lipinski definition) is 3. The van der Waals surface area contributed by atoms with Gasteiger partial charge >= 0.3 is 5.97 Å². The zero-order chi connectivity index (χ0) is 17.1. The van der Waals surface area contributed by atoms with Crippen LogP contribution in [0.5, 0.6) is 0 Å². The molecule has 2 aliphatic rings. The Morgan fingerprint density at radius 2 is 1.46 bits per heavy atom. The van der Waals surface area contributed by atoms with Crippen molar-refractivity contribution in [1.82, 2.24) is 0 Å². The van der Waals surface area contributed by atoms with Crippen LogP contribution in [0.1, 0.15) is 18.1 Å². The number of cyclic esters (lactones) is 1. The normalized spacial score (nSPS) is 26.6. The molecule has 0 N–H and O–H groups in total. The van der Waals surface area contributed by atoms with E-state index in [9.17, 15) is 9.59 Å². The number of carbonyl (C=O) groups excluding carboxylic acids is 2. The summed E-state index contributed by atoms with van der Waals surface area (Å²) in [5, 5.41) is 1.21. The van der Waals surface area contributed by atoms with Gasteiger partial charge < -0.3 is 4.74 Å². The van der Waals surface area contributed by atoms with E-state index in [-0.39, 0.29) is 18.3 Å². The van der Waals surface area contributed by atoms with Crippen LogP contribution in [0.3, 0.4) is 0 Å². The molecule has 1 saturated heterocycles. The second-order valence-corrected chi connectivity index (χ2v) is 7.21. The third kappa shape index (κ3) is 1.69. The van der Waals surface area contributed by atoms with Crippen molar-refractivity contribution in [2.45, 2.75) is 12.3 Å². The standard InChI is InChI=1S/C19H14Cl2O3/c1-11(22)18-16(10-24-17(18)23)19(18,12-2-6-14(20)7-3-12)13-4-8-15(21)9-5-13/h2-9,16H,10H2,1H3. The molecule has 2 unspecified atom stereocenters. The van der Waals surface area contributed by atoms with Crippen molar-refractivity contribution in [3.8, 4) is 0 Å². The Labute approximate surface area is 149 Å². The number of carbonyl (C=O) groups is 2. The van der Waals surface area contributed by atoms with Crippen molar-refractivity contribution in [1.29, 1.82) is 0 Å². The van der Waals surface area contributed by atoms with E-state index in [4.69, 9.17) is 27.9 Å². The van der Waals surface area contributed by atoms with E-state index in [1.807, 2.05) is 24.3 Å². The van der Waals surface area contributed by atoms with Gasteiger partial charge in [-0.05, 0) is 42.3 Å². The molecule has 24 heavy (non-hydrogen) atoms. The molecule has 2 aromatic carbocycles. The molecule has 0 amide bonds. The van der Waals surface area contributed by atoms with Crippen molar-refractivity contribution in [2.75, 3.05) is 6.61 Å². The molecule has 1 aliphatic heterocycles. The zero-order valence-electron chi connectivity index (χ0n) is 12.9. The van der Waals surface area contributed by atoms with Crippen LogP contribution in [0.2, 0.25) is 10.0 Å². The third-order valence-corrected chi connectivity index (χ3v) is 5.95. The molecular weight excluding hydrogens is 347 g/mol. The van der Waals surface area contributed by atoms with Gasteiger partial charge in [0.1, 0.15) is 11.2 Å². The SMILES string of the molecule is CC(=O)C12C(=O)OCC1C2(c1ccc(Cl)cc1)c1ccc(Cl)cc1. The van der Waals surface area contributed by atoms with E-state index < -0.39 is 16.8 Å². The maximum absolute atomic E-state index is 12.6. The number of fused-ring (bicyclic) bond motifs is 1. The molecule has 0 spiro atoms. The lowest BCUT2D eigenvalue weighted by Crippen LogP contribution is -2.34. The number of Topliss-reactive ketones (excluding diaryl/α,β-unsaturated/α-hetero) is 1. The number of rotatable bonds is 3. The smallest absolute Gasteiger partial charge is 0.321 e. The lowest BCUT2D eigenvalue weighted by Gasteiger charge is -2.25. The lowest BCUT2D eigenvalue weighted by atomic mass is 9.78. The highest BCUT2D eigenvalue weighted by Crippen LogP contribution is 2.76. The van der Waals surface area contributed by atoms with Gasteiger partial charge in [0.05, 0.1) is 12.0 Å². The van der Waals surface area contributed by atoms with Crippen molar-refractivity contribution >= 4 is 35.0 Å². The Morgan fingerprint density at radius 1 is 1.00 bits per heavy atom. The van der Waals surface area contributed by atoms with Gasteiger partial charge in [0, 0.05) is 16.0 Å². The Bertz CT molecular complexity index is 796. The van der Waals surface area contributed by atoms with Gasteiger partial charge in [-0.2, -0.15) is 0 Å². The molecule has 0 radical (unpaired) electrons. The van der Waals surface area contributed by atoms with E-state index >= 15 is 0 Å². The molecule has 4 rings (SSSR count). The van der Waals surface area contributed by atoms with Gasteiger partial charge in [0.25, 0.3) is 0 Å². The Hall–Kier alpha value is -1.84. The summed E-state index contributed by atoms with van der Waals surface area (Å²) in [5.41, 5.74) is -0.0880. The van der Waals surface area contributed by atoms with Gasteiger partial charge in [0.15, 0.2) is 0 Å². The van der Waals surface area contributed by atoms with Crippen LogP contribution in [-0.2, 0) is 19.7 Å². The molecule has 3 nitrogen and oxygen atoms in total. The molecule has 0 aromatic heterocycles. The first kappa shape index (κ1) is 15.7. The summed E-state index contributed by atoms with van der Waals surface area (Å²) in [4.78, 5) is 25.1. The molecular formula is C19H14Cl2O3. The molecule has 1 heterocycles. The van der Waals surface area contributed by atoms with Crippen LogP contribution >= 0.6 is 23.2 Å². The van der Waals surface area contributed by atoms with Crippen LogP contribution in [0.4, 0.5) is 0 Å². The quantitative estimate of drug-likeness (QED) is 0.612. The van der Waals surface area contributed by atoms with E-state index in [1.54, 1.807) is 24.3 Å². The van der Waals surface area contributed by atoms with Gasteiger partial charge in [-0.15, -0.1) is 0 Å². The van der Waals surface area contributed by atoms with E-state index in [2.05, 4.69) is 0 Å². The Balaban J connectivity index is 1.99. The van der Waals surface area contributed by atoms with Gasteiger partial charge in [0.2, 0.25) is 0 Å². The Kier molecular flexibility index (Phi) is 3.32. The first-order valence-electron chi connectivity index (χ1n) is 7.66. The number of hydrogen-bond donors (Lipinski definition) is 0. The largest absolute Gasteiger partial charge is 0.464 e. The number of ether oxygens (including phenoxy) is 1. The number of ketones is 1. The predicted octanol–water partition coefficient (Wildman–Crippen LogP) is 4.04. The van der Waals surface area contributed by atoms with Crippen LogP contribution in [-0.4, -0.2) is 18.4 Å². The highest BCUT2D eigenvalue weighted by atomic mass is 35.5. The van der Waals surface area contributed by atoms with Crippen molar-refractivity contribution in [3.05, 3.63) is 69.7 Å². The minimum absolute atomic E-state index is 0.167. The maximum Gasteiger partial charge on any atom is 0.321 e. The van der Waals surface area contributed by atoms with Crippen LogP contribution < -0.4 is 0 Å². The van der Waals surface area contributed by atoms with Gasteiger partial charge in [-0.25, -0.2) is 0 Å². The highest BCUT2D eigenvalue weighted by Gasteiger charge is 2.87. The third-order valence-electron chi connectivity index (χ3n) is 5.44. The van der Waals surface area contributed by atoms with Crippen LogP contribution in [0.25, 0.3) is 0 Å². The second-order valence-electron chi connectivity index (χ2n) is 6.34. The number of benzene rings is 2. The summed E-state index contributed by atoms with van der Waals surface area (Å²) < 4.78 is 5.21. The summed E-state index contributed by atoms with van der Waals surface area (Å²) >= 11 is 12.0. The fourth-order valence-corrected chi connectivity index (χ4v) is 4.75. The number of esters is 1. The van der Waals surface area contributed by atoms with Crippen molar-refractivity contribution in [3.63, 3.8) is 0 Å². The second kappa shape index (κ2) is 5.08. The Morgan fingerprint density at radius 3 is 1.83 bits per heavy atom. The van der Waals surface area contributed by atoms with Crippen LogP contribution in [0, 0.1) is 11.3 Å². The molecule has 122 valence electrons. The first-order chi connectivity index (χ1) is 11.5. The molecule has 5 heteroatoms. The zero-order valence-corrected chi connectivity index (χ0v) is 14.4. The van der Waals surface area contributed by atoms with Crippen molar-refractivity contribution in [2.24, 2.45) is 11.3 Å². The minimum Gasteiger partial charge on any atom is -0.464 e. The molecule has 1 saturated carbocycles. The molecule has 2 fully saturated rings. The topological polar surface area (TPSA) is 43.4 Å². The first-order valence-corrected chi connectivity index (χ1v) is 8.41. The highest BCUT2D eigenvalue weighted by molar-refractivity contribution is 6.30. The minimum atomic E-state index is -1.16. The molecule has 1 aliphatic carbocycles.